The van der Waals surface area contributed by atoms with Gasteiger partial charge in [-0.05, 0) is 115 Å². The van der Waals surface area contributed by atoms with E-state index in [-0.39, 0.29) is 85.2 Å². The van der Waals surface area contributed by atoms with Crippen LogP contribution in [0.25, 0.3) is 0 Å². The largest absolute Gasteiger partial charge is 0.395 e. The summed E-state index contributed by atoms with van der Waals surface area (Å²) in [5, 5.41) is 78.1. The highest BCUT2D eigenvalue weighted by atomic mass is 127. The SMILES string of the molecule is Cc1c(C(=O)NCCO)c(I)c(N(C=O)CC(O)CN(C=O)c2c(C)c(C(=O)NCCO)c(I)c(C(=O)NCC(O)CO)c2I)c(I)c1C(=O)NCC(O)CO. The summed E-state index contributed by atoms with van der Waals surface area (Å²) in [6.45, 7) is -1.03. The Hall–Kier alpha value is -2.10. The fourth-order valence-corrected chi connectivity index (χ4v) is 11.2. The Bertz CT molecular complexity index is 1660. The number of nitrogens with zero attached hydrogens (tertiary/aromatic N) is 2. The molecule has 3 atom stereocenters. The minimum absolute atomic E-state index is 0.0217. The van der Waals surface area contributed by atoms with Crippen LogP contribution < -0.4 is 31.1 Å². The number of nitrogens with one attached hydrogen (secondary N) is 4. The minimum Gasteiger partial charge on any atom is -0.395 e. The first-order valence-electron chi connectivity index (χ1n) is 16.5. The fourth-order valence-electron chi connectivity index (χ4n) is 5.31. The van der Waals surface area contributed by atoms with Crippen LogP contribution in [-0.4, -0.2) is 156 Å². The van der Waals surface area contributed by atoms with Crippen molar-refractivity contribution >= 4 is 138 Å². The van der Waals surface area contributed by atoms with Crippen LogP contribution in [0.5, 0.6) is 0 Å². The van der Waals surface area contributed by atoms with Crippen LogP contribution in [0.1, 0.15) is 52.6 Å². The molecule has 2 rings (SSSR count). The number of rotatable bonds is 22. The van der Waals surface area contributed by atoms with Crippen molar-refractivity contribution < 1.29 is 64.5 Å². The number of halogens is 4. The molecule has 2 aromatic carbocycles. The molecule has 0 fully saturated rings. The van der Waals surface area contributed by atoms with Gasteiger partial charge in [0.1, 0.15) is 0 Å². The molecule has 56 heavy (non-hydrogen) atoms. The van der Waals surface area contributed by atoms with Crippen LogP contribution in [0.2, 0.25) is 0 Å². The lowest BCUT2D eigenvalue weighted by atomic mass is 9.98. The Balaban J connectivity index is 2.72. The number of amides is 6. The van der Waals surface area contributed by atoms with Crippen LogP contribution in [0, 0.1) is 28.1 Å². The van der Waals surface area contributed by atoms with Gasteiger partial charge in [-0.1, -0.05) is 0 Å². The molecular formula is C33H42I4N6O13. The predicted octanol–water partition coefficient (Wildman–Crippen LogP) is -1.68. The number of carbonyl (C=O) groups excluding carboxylic acids is 6. The topological polar surface area (TPSA) is 299 Å². The van der Waals surface area contributed by atoms with Crippen molar-refractivity contribution in [3.05, 3.63) is 47.7 Å². The Morgan fingerprint density at radius 2 is 0.911 bits per heavy atom. The quantitative estimate of drug-likeness (QED) is 0.0465. The van der Waals surface area contributed by atoms with Gasteiger partial charge in [0.15, 0.2) is 0 Å². The Morgan fingerprint density at radius 1 is 0.554 bits per heavy atom. The molecular weight excluding hydrogens is 1200 g/mol. The molecule has 0 aliphatic heterocycles. The average Bonchev–Trinajstić information content (AvgIpc) is 3.16. The molecule has 19 nitrogen and oxygen atoms in total. The lowest BCUT2D eigenvalue weighted by Gasteiger charge is -2.30. The number of benzene rings is 2. The molecule has 6 amide bonds. The highest BCUT2D eigenvalue weighted by Crippen LogP contribution is 2.38. The van der Waals surface area contributed by atoms with Gasteiger partial charge in [-0.3, -0.25) is 28.8 Å². The van der Waals surface area contributed by atoms with E-state index in [2.05, 4.69) is 21.3 Å². The number of anilines is 2. The van der Waals surface area contributed by atoms with Crippen molar-refractivity contribution in [1.82, 2.24) is 21.3 Å². The van der Waals surface area contributed by atoms with Crippen LogP contribution in [0.3, 0.4) is 0 Å². The molecule has 2 aromatic rings. The van der Waals surface area contributed by atoms with Gasteiger partial charge in [-0.15, -0.1) is 0 Å². The molecule has 0 bridgehead atoms. The van der Waals surface area contributed by atoms with Gasteiger partial charge < -0.3 is 66.8 Å². The highest BCUT2D eigenvalue weighted by Gasteiger charge is 2.33. The predicted molar refractivity (Wildman–Crippen MR) is 236 cm³/mol. The van der Waals surface area contributed by atoms with Gasteiger partial charge >= 0.3 is 0 Å². The van der Waals surface area contributed by atoms with Gasteiger partial charge in [0, 0.05) is 29.7 Å². The van der Waals surface area contributed by atoms with Crippen LogP contribution in [0.4, 0.5) is 11.4 Å². The molecule has 0 aliphatic rings. The van der Waals surface area contributed by atoms with Crippen LogP contribution >= 0.6 is 90.4 Å². The van der Waals surface area contributed by atoms with E-state index in [9.17, 15) is 64.5 Å². The first kappa shape index (κ1) is 50.0. The first-order chi connectivity index (χ1) is 26.5. The third-order valence-electron chi connectivity index (χ3n) is 7.97. The van der Waals surface area contributed by atoms with Crippen molar-refractivity contribution in [2.45, 2.75) is 32.2 Å². The monoisotopic (exact) mass is 1240 g/mol. The zero-order chi connectivity index (χ0) is 42.4. The molecule has 0 heterocycles. The zero-order valence-corrected chi connectivity index (χ0v) is 38.6. The van der Waals surface area contributed by atoms with E-state index in [0.29, 0.717) is 12.8 Å². The average molecular weight is 1240 g/mol. The Morgan fingerprint density at radius 3 is 1.30 bits per heavy atom. The summed E-state index contributed by atoms with van der Waals surface area (Å²) >= 11 is 7.21. The maximum Gasteiger partial charge on any atom is 0.253 e. The standard InChI is InChI=1S/C33H42I4N6O13/c1-15-20(30(53)38-3-5-44)25(35)29(26(36)21(15)32(55)40-7-17(50)11-46)43(14-49)10-19(52)9-42(13-48)28-16(2)22(31(54)39-4-6-45)24(34)23(27(28)37)33(56)41-8-18(51)12-47/h13-14,17-19,44-47,50-52H,3-12H2,1-2H3,(H,38,53)(H,39,54)(H,40,55)(H,41,56). The molecule has 0 saturated heterocycles. The summed E-state index contributed by atoms with van der Waals surface area (Å²) in [4.78, 5) is 81.1. The van der Waals surface area contributed by atoms with E-state index in [0.717, 1.165) is 9.80 Å². The molecule has 310 valence electrons. The van der Waals surface area contributed by atoms with E-state index in [1.54, 1.807) is 67.8 Å². The van der Waals surface area contributed by atoms with Gasteiger partial charge in [0.25, 0.3) is 23.6 Å². The number of carbonyl (C=O) groups is 6. The van der Waals surface area contributed by atoms with Gasteiger partial charge in [0.05, 0.1) is 102 Å². The third kappa shape index (κ3) is 12.5. The molecule has 0 radical (unpaired) electrons. The van der Waals surface area contributed by atoms with Crippen molar-refractivity contribution in [1.29, 1.82) is 0 Å². The van der Waals surface area contributed by atoms with Gasteiger partial charge in [0.2, 0.25) is 12.8 Å². The van der Waals surface area contributed by atoms with Crippen molar-refractivity contribution in [3.8, 4) is 0 Å². The second-order valence-corrected chi connectivity index (χ2v) is 16.2. The lowest BCUT2D eigenvalue weighted by Crippen LogP contribution is -2.42. The van der Waals surface area contributed by atoms with Gasteiger partial charge in [-0.25, -0.2) is 0 Å². The van der Waals surface area contributed by atoms with Crippen LogP contribution in [0.15, 0.2) is 0 Å². The van der Waals surface area contributed by atoms with Crippen molar-refractivity contribution in [2.75, 3.05) is 75.5 Å². The number of hydrogen-bond donors (Lipinski definition) is 11. The Kier molecular flexibility index (Phi) is 21.5. The summed E-state index contributed by atoms with van der Waals surface area (Å²) in [6, 6.07) is 0. The zero-order valence-electron chi connectivity index (χ0n) is 29.9. The maximum absolute atomic E-state index is 13.4. The minimum atomic E-state index is -1.54. The summed E-state index contributed by atoms with van der Waals surface area (Å²) in [6.07, 6.45) is -3.41. The molecule has 0 saturated carbocycles. The third-order valence-corrected chi connectivity index (χ3v) is 12.2. The Labute approximate surface area is 375 Å². The molecule has 11 N–H and O–H groups in total. The summed E-state index contributed by atoms with van der Waals surface area (Å²) in [5.41, 5.74) is 0.345. The smallest absolute Gasteiger partial charge is 0.253 e. The number of aliphatic hydroxyl groups excluding tert-OH is 7. The van der Waals surface area contributed by atoms with E-state index < -0.39 is 81.5 Å². The molecule has 0 aromatic heterocycles. The first-order valence-corrected chi connectivity index (χ1v) is 20.9. The number of hydrogen-bond acceptors (Lipinski definition) is 13. The molecule has 3 unspecified atom stereocenters. The lowest BCUT2D eigenvalue weighted by molar-refractivity contribution is -0.108. The highest BCUT2D eigenvalue weighted by molar-refractivity contribution is 14.1. The second-order valence-electron chi connectivity index (χ2n) is 11.9. The van der Waals surface area contributed by atoms with E-state index in [1.165, 1.54) is 13.8 Å². The summed E-state index contributed by atoms with van der Waals surface area (Å²) in [5.74, 6) is -2.88. The van der Waals surface area contributed by atoms with Gasteiger partial charge in [-0.2, -0.15) is 0 Å². The molecule has 23 heteroatoms. The van der Waals surface area contributed by atoms with Crippen LogP contribution in [-0.2, 0) is 9.59 Å². The molecule has 0 spiro atoms. The molecule has 0 aliphatic carbocycles. The van der Waals surface area contributed by atoms with Crippen molar-refractivity contribution in [3.63, 3.8) is 0 Å². The van der Waals surface area contributed by atoms with Crippen molar-refractivity contribution in [2.24, 2.45) is 0 Å². The number of aliphatic hydroxyl groups is 7. The normalized spacial score (nSPS) is 12.6. The fraction of sp³-hybridized carbons (Fsp3) is 0.455. The maximum atomic E-state index is 13.4. The summed E-state index contributed by atoms with van der Waals surface area (Å²) < 4.78 is 0.719. The van der Waals surface area contributed by atoms with E-state index in [1.807, 2.05) is 22.6 Å². The van der Waals surface area contributed by atoms with E-state index in [4.69, 9.17) is 0 Å². The van der Waals surface area contributed by atoms with E-state index >= 15 is 0 Å². The second kappa shape index (κ2) is 24.1. The summed E-state index contributed by atoms with van der Waals surface area (Å²) in [7, 11) is 0.